The minimum Gasteiger partial charge on any atom is -0.378 e. The van der Waals surface area contributed by atoms with Gasteiger partial charge in [0.15, 0.2) is 0 Å². The van der Waals surface area contributed by atoms with E-state index in [4.69, 9.17) is 10.5 Å². The van der Waals surface area contributed by atoms with Crippen LogP contribution in [0.25, 0.3) is 0 Å². The Kier molecular flexibility index (Phi) is 4.54. The third-order valence-electron chi connectivity index (χ3n) is 3.36. The quantitative estimate of drug-likeness (QED) is 0.859. The lowest BCUT2D eigenvalue weighted by molar-refractivity contribution is -0.0135. The van der Waals surface area contributed by atoms with Crippen LogP contribution in [0, 0.1) is 6.92 Å². The monoisotopic (exact) mass is 234 g/mol. The summed E-state index contributed by atoms with van der Waals surface area (Å²) < 4.78 is 5.52. The van der Waals surface area contributed by atoms with Crippen molar-refractivity contribution in [3.8, 4) is 0 Å². The Balaban J connectivity index is 1.97. The SMILES string of the molecule is Cc1ccc(CN2CCOCC2CCN)cc1. The van der Waals surface area contributed by atoms with E-state index in [2.05, 4.69) is 36.1 Å². The van der Waals surface area contributed by atoms with Gasteiger partial charge in [0.05, 0.1) is 13.2 Å². The van der Waals surface area contributed by atoms with Crippen LogP contribution in [0.15, 0.2) is 24.3 Å². The van der Waals surface area contributed by atoms with Gasteiger partial charge < -0.3 is 10.5 Å². The molecule has 0 radical (unpaired) electrons. The predicted octanol–water partition coefficient (Wildman–Crippen LogP) is 1.54. The molecule has 2 N–H and O–H groups in total. The highest BCUT2D eigenvalue weighted by molar-refractivity contribution is 5.21. The zero-order chi connectivity index (χ0) is 12.1. The van der Waals surface area contributed by atoms with Crippen molar-refractivity contribution < 1.29 is 4.74 Å². The van der Waals surface area contributed by atoms with Crippen molar-refractivity contribution >= 4 is 0 Å². The van der Waals surface area contributed by atoms with E-state index in [0.29, 0.717) is 6.04 Å². The normalized spacial score (nSPS) is 21.6. The van der Waals surface area contributed by atoms with Gasteiger partial charge in [-0.1, -0.05) is 29.8 Å². The van der Waals surface area contributed by atoms with E-state index in [-0.39, 0.29) is 0 Å². The van der Waals surface area contributed by atoms with Gasteiger partial charge in [-0.15, -0.1) is 0 Å². The average Bonchev–Trinajstić information content (AvgIpc) is 2.35. The fourth-order valence-corrected chi connectivity index (χ4v) is 2.28. The molecule has 0 saturated carbocycles. The minimum absolute atomic E-state index is 0.482. The average molecular weight is 234 g/mol. The maximum absolute atomic E-state index is 5.65. The van der Waals surface area contributed by atoms with Gasteiger partial charge in [0, 0.05) is 19.1 Å². The number of benzene rings is 1. The number of nitrogens with zero attached hydrogens (tertiary/aromatic N) is 1. The van der Waals surface area contributed by atoms with Crippen LogP contribution in [0.3, 0.4) is 0 Å². The fraction of sp³-hybridized carbons (Fsp3) is 0.571. The molecule has 1 aromatic carbocycles. The standard InChI is InChI=1S/C14H22N2O/c1-12-2-4-13(5-3-12)10-16-8-9-17-11-14(16)6-7-15/h2-5,14H,6-11,15H2,1H3. The highest BCUT2D eigenvalue weighted by atomic mass is 16.5. The molecule has 3 nitrogen and oxygen atoms in total. The van der Waals surface area contributed by atoms with Gasteiger partial charge in [0.25, 0.3) is 0 Å². The first-order chi connectivity index (χ1) is 8.29. The molecule has 17 heavy (non-hydrogen) atoms. The molecule has 1 heterocycles. The lowest BCUT2D eigenvalue weighted by Crippen LogP contribution is -2.45. The van der Waals surface area contributed by atoms with E-state index in [1.54, 1.807) is 0 Å². The van der Waals surface area contributed by atoms with Crippen molar-refractivity contribution in [2.45, 2.75) is 25.9 Å². The molecule has 0 aromatic heterocycles. The van der Waals surface area contributed by atoms with Crippen LogP contribution in [0.5, 0.6) is 0 Å². The van der Waals surface area contributed by atoms with Crippen molar-refractivity contribution in [2.24, 2.45) is 5.73 Å². The van der Waals surface area contributed by atoms with Crippen molar-refractivity contribution in [1.82, 2.24) is 4.90 Å². The summed E-state index contributed by atoms with van der Waals surface area (Å²) in [6.07, 6.45) is 1.02. The van der Waals surface area contributed by atoms with Crippen LogP contribution >= 0.6 is 0 Å². The highest BCUT2D eigenvalue weighted by Gasteiger charge is 2.21. The minimum atomic E-state index is 0.482. The first kappa shape index (κ1) is 12.6. The maximum atomic E-state index is 5.65. The first-order valence-corrected chi connectivity index (χ1v) is 6.37. The summed E-state index contributed by atoms with van der Waals surface area (Å²) in [6.45, 7) is 6.54. The van der Waals surface area contributed by atoms with Crippen LogP contribution in [0.1, 0.15) is 17.5 Å². The number of ether oxygens (including phenoxy) is 1. The molecule has 1 aromatic rings. The summed E-state index contributed by atoms with van der Waals surface area (Å²) in [6, 6.07) is 9.26. The van der Waals surface area contributed by atoms with Gasteiger partial charge in [-0.05, 0) is 25.5 Å². The second-order valence-corrected chi connectivity index (χ2v) is 4.76. The summed E-state index contributed by atoms with van der Waals surface area (Å²) >= 11 is 0. The molecule has 1 unspecified atom stereocenters. The second-order valence-electron chi connectivity index (χ2n) is 4.76. The number of hydrogen-bond acceptors (Lipinski definition) is 3. The molecular weight excluding hydrogens is 212 g/mol. The Labute approximate surface area is 104 Å². The molecule has 1 aliphatic heterocycles. The number of aryl methyl sites for hydroxylation is 1. The molecule has 0 bridgehead atoms. The van der Waals surface area contributed by atoms with Gasteiger partial charge in [-0.3, -0.25) is 4.90 Å². The van der Waals surface area contributed by atoms with E-state index < -0.39 is 0 Å². The van der Waals surface area contributed by atoms with E-state index in [9.17, 15) is 0 Å². The summed E-state index contributed by atoms with van der Waals surface area (Å²) in [4.78, 5) is 2.49. The Morgan fingerprint density at radius 3 is 2.82 bits per heavy atom. The topological polar surface area (TPSA) is 38.5 Å². The Morgan fingerprint density at radius 2 is 2.12 bits per heavy atom. The van der Waals surface area contributed by atoms with Gasteiger partial charge in [-0.25, -0.2) is 0 Å². The van der Waals surface area contributed by atoms with Crippen LogP contribution in [0.4, 0.5) is 0 Å². The predicted molar refractivity (Wildman–Crippen MR) is 69.9 cm³/mol. The maximum Gasteiger partial charge on any atom is 0.0623 e. The third-order valence-corrected chi connectivity index (χ3v) is 3.36. The molecule has 0 amide bonds. The molecule has 94 valence electrons. The molecule has 0 spiro atoms. The number of nitrogens with two attached hydrogens (primary N) is 1. The zero-order valence-corrected chi connectivity index (χ0v) is 10.6. The van der Waals surface area contributed by atoms with Crippen molar-refractivity contribution in [1.29, 1.82) is 0 Å². The molecule has 1 atom stereocenters. The molecule has 1 fully saturated rings. The van der Waals surface area contributed by atoms with E-state index >= 15 is 0 Å². The molecule has 3 heteroatoms. The summed E-state index contributed by atoms with van der Waals surface area (Å²) in [5.41, 5.74) is 8.34. The van der Waals surface area contributed by atoms with Crippen LogP contribution in [-0.2, 0) is 11.3 Å². The van der Waals surface area contributed by atoms with Gasteiger partial charge in [0.2, 0.25) is 0 Å². The van der Waals surface area contributed by atoms with Crippen LogP contribution in [0.2, 0.25) is 0 Å². The van der Waals surface area contributed by atoms with Crippen molar-refractivity contribution in [3.05, 3.63) is 35.4 Å². The highest BCUT2D eigenvalue weighted by Crippen LogP contribution is 2.14. The Bertz CT molecular complexity index is 335. The molecular formula is C14H22N2O. The van der Waals surface area contributed by atoms with E-state index in [0.717, 1.165) is 39.3 Å². The lowest BCUT2D eigenvalue weighted by atomic mass is 10.1. The second kappa shape index (κ2) is 6.15. The summed E-state index contributed by atoms with van der Waals surface area (Å²) in [5.74, 6) is 0. The molecule has 2 rings (SSSR count). The van der Waals surface area contributed by atoms with Crippen molar-refractivity contribution in [2.75, 3.05) is 26.3 Å². The number of rotatable bonds is 4. The third kappa shape index (κ3) is 3.53. The van der Waals surface area contributed by atoms with E-state index in [1.807, 2.05) is 0 Å². The molecule has 1 saturated heterocycles. The van der Waals surface area contributed by atoms with Gasteiger partial charge >= 0.3 is 0 Å². The molecule has 0 aliphatic carbocycles. The van der Waals surface area contributed by atoms with Gasteiger partial charge in [0.1, 0.15) is 0 Å². The van der Waals surface area contributed by atoms with Crippen LogP contribution < -0.4 is 5.73 Å². The lowest BCUT2D eigenvalue weighted by Gasteiger charge is -2.35. The van der Waals surface area contributed by atoms with Crippen molar-refractivity contribution in [3.63, 3.8) is 0 Å². The first-order valence-electron chi connectivity index (χ1n) is 6.37. The Hall–Kier alpha value is -0.900. The largest absolute Gasteiger partial charge is 0.378 e. The zero-order valence-electron chi connectivity index (χ0n) is 10.6. The fourth-order valence-electron chi connectivity index (χ4n) is 2.28. The number of morpholine rings is 1. The van der Waals surface area contributed by atoms with Crippen LogP contribution in [-0.4, -0.2) is 37.2 Å². The van der Waals surface area contributed by atoms with Gasteiger partial charge in [-0.2, -0.15) is 0 Å². The van der Waals surface area contributed by atoms with E-state index in [1.165, 1.54) is 11.1 Å². The molecule has 1 aliphatic rings. The smallest absolute Gasteiger partial charge is 0.0623 e. The summed E-state index contributed by atoms with van der Waals surface area (Å²) in [5, 5.41) is 0. The summed E-state index contributed by atoms with van der Waals surface area (Å²) in [7, 11) is 0. The Morgan fingerprint density at radius 1 is 1.35 bits per heavy atom. The number of hydrogen-bond donors (Lipinski definition) is 1.